The molecule has 0 atom stereocenters. The van der Waals surface area contributed by atoms with Gasteiger partial charge in [0.05, 0.1) is 23.0 Å². The highest BCUT2D eigenvalue weighted by Crippen LogP contribution is 2.19. The van der Waals surface area contributed by atoms with Crippen LogP contribution in [0.4, 0.5) is 5.69 Å². The molecule has 1 fully saturated rings. The van der Waals surface area contributed by atoms with Crippen LogP contribution in [0.2, 0.25) is 0 Å². The van der Waals surface area contributed by atoms with Crippen LogP contribution in [0.5, 0.6) is 0 Å². The molecular weight excluding hydrogens is 378 g/mol. The first-order chi connectivity index (χ1) is 14.6. The topological polar surface area (TPSA) is 82.5 Å². The molecule has 152 valence electrons. The molecule has 1 aromatic heterocycles. The molecule has 1 amide bonds. The minimum Gasteiger partial charge on any atom is -0.478 e. The number of anilines is 1. The van der Waals surface area contributed by atoms with E-state index in [1.807, 2.05) is 41.4 Å². The number of rotatable bonds is 7. The first-order valence-corrected chi connectivity index (χ1v) is 9.98. The van der Waals surface area contributed by atoms with Gasteiger partial charge in [0.1, 0.15) is 0 Å². The van der Waals surface area contributed by atoms with Gasteiger partial charge in [0.2, 0.25) is 5.91 Å². The second-order valence-corrected chi connectivity index (χ2v) is 7.42. The Bertz CT molecular complexity index is 1110. The molecule has 6 heteroatoms. The molecule has 1 aliphatic heterocycles. The molecule has 0 aliphatic carbocycles. The van der Waals surface area contributed by atoms with E-state index in [0.717, 1.165) is 40.7 Å². The summed E-state index contributed by atoms with van der Waals surface area (Å²) >= 11 is 0. The fourth-order valence-corrected chi connectivity index (χ4v) is 3.61. The number of nitrogens with zero attached hydrogens (tertiary/aromatic N) is 2. The molecule has 2 aromatic carbocycles. The molecule has 0 saturated carbocycles. The number of carboxylic acids is 1. The van der Waals surface area contributed by atoms with Crippen LogP contribution in [-0.2, 0) is 4.79 Å². The molecule has 1 aliphatic rings. The number of fused-ring (bicyclic) bond motifs is 1. The zero-order valence-electron chi connectivity index (χ0n) is 16.5. The monoisotopic (exact) mass is 401 g/mol. The molecule has 0 radical (unpaired) electrons. The van der Waals surface area contributed by atoms with Gasteiger partial charge in [0, 0.05) is 31.4 Å². The number of aromatic carboxylic acids is 1. The third-order valence-corrected chi connectivity index (χ3v) is 5.20. The van der Waals surface area contributed by atoms with E-state index in [4.69, 9.17) is 5.11 Å². The number of likely N-dealkylation sites (tertiary alicyclic amines) is 1. The maximum absolute atomic E-state index is 12.1. The molecule has 3 aromatic rings. The molecule has 30 heavy (non-hydrogen) atoms. The van der Waals surface area contributed by atoms with E-state index >= 15 is 0 Å². The number of benzene rings is 2. The van der Waals surface area contributed by atoms with Crippen molar-refractivity contribution in [2.45, 2.75) is 12.8 Å². The summed E-state index contributed by atoms with van der Waals surface area (Å²) in [7, 11) is 0. The Hall–Kier alpha value is -3.67. The second kappa shape index (κ2) is 8.78. The normalized spacial score (nSPS) is 14.3. The van der Waals surface area contributed by atoms with E-state index in [0.29, 0.717) is 19.5 Å². The minimum absolute atomic E-state index is 0.175. The first kappa shape index (κ1) is 19.6. The average molecular weight is 401 g/mol. The molecule has 0 bridgehead atoms. The third-order valence-electron chi connectivity index (χ3n) is 5.20. The maximum Gasteiger partial charge on any atom is 0.335 e. The van der Waals surface area contributed by atoms with Crippen molar-refractivity contribution in [1.29, 1.82) is 0 Å². The van der Waals surface area contributed by atoms with Crippen molar-refractivity contribution in [3.05, 3.63) is 77.5 Å². The van der Waals surface area contributed by atoms with Gasteiger partial charge in [-0.25, -0.2) is 4.79 Å². The summed E-state index contributed by atoms with van der Waals surface area (Å²) in [4.78, 5) is 29.5. The fourth-order valence-electron chi connectivity index (χ4n) is 3.61. The van der Waals surface area contributed by atoms with Crippen LogP contribution in [0.25, 0.3) is 17.0 Å². The number of hydrogen-bond acceptors (Lipinski definition) is 4. The van der Waals surface area contributed by atoms with E-state index < -0.39 is 5.97 Å². The highest BCUT2D eigenvalue weighted by molar-refractivity contribution is 5.88. The van der Waals surface area contributed by atoms with Gasteiger partial charge in [-0.3, -0.25) is 9.78 Å². The van der Waals surface area contributed by atoms with Gasteiger partial charge >= 0.3 is 5.97 Å². The van der Waals surface area contributed by atoms with E-state index in [9.17, 15) is 9.59 Å². The van der Waals surface area contributed by atoms with E-state index in [1.54, 1.807) is 24.3 Å². The summed E-state index contributed by atoms with van der Waals surface area (Å²) < 4.78 is 0. The number of nitrogens with one attached hydrogen (secondary N) is 1. The summed E-state index contributed by atoms with van der Waals surface area (Å²) in [5.74, 6) is -0.770. The van der Waals surface area contributed by atoms with Crippen molar-refractivity contribution < 1.29 is 14.7 Å². The zero-order chi connectivity index (χ0) is 20.9. The van der Waals surface area contributed by atoms with Crippen molar-refractivity contribution in [1.82, 2.24) is 9.88 Å². The lowest BCUT2D eigenvalue weighted by Gasteiger charge is -2.19. The summed E-state index contributed by atoms with van der Waals surface area (Å²) in [6.07, 6.45) is 5.31. The summed E-state index contributed by atoms with van der Waals surface area (Å²) in [5, 5.41) is 13.6. The van der Waals surface area contributed by atoms with Gasteiger partial charge in [-0.15, -0.1) is 0 Å². The highest BCUT2D eigenvalue weighted by atomic mass is 16.4. The summed E-state index contributed by atoms with van der Waals surface area (Å²) in [5.41, 5.74) is 4.05. The molecule has 0 spiro atoms. The lowest BCUT2D eigenvalue weighted by Crippen LogP contribution is -2.28. The lowest BCUT2D eigenvalue weighted by atomic mass is 10.1. The Morgan fingerprint density at radius 1 is 1.17 bits per heavy atom. The van der Waals surface area contributed by atoms with Crippen molar-refractivity contribution in [2.24, 2.45) is 0 Å². The summed E-state index contributed by atoms with van der Waals surface area (Å²) in [6, 6.07) is 16.8. The first-order valence-electron chi connectivity index (χ1n) is 9.98. The maximum atomic E-state index is 12.1. The largest absolute Gasteiger partial charge is 0.478 e. The Kier molecular flexibility index (Phi) is 5.75. The molecule has 2 N–H and O–H groups in total. The van der Waals surface area contributed by atoms with Crippen molar-refractivity contribution in [2.75, 3.05) is 25.0 Å². The number of para-hydroxylation sites is 1. The molecular formula is C24H23N3O3. The Morgan fingerprint density at radius 3 is 2.70 bits per heavy atom. The van der Waals surface area contributed by atoms with E-state index in [1.165, 1.54) is 0 Å². The molecule has 4 rings (SSSR count). The van der Waals surface area contributed by atoms with Crippen LogP contribution in [0.3, 0.4) is 0 Å². The average Bonchev–Trinajstić information content (AvgIpc) is 3.16. The Morgan fingerprint density at radius 2 is 1.97 bits per heavy atom. The van der Waals surface area contributed by atoms with Gasteiger partial charge in [0.15, 0.2) is 0 Å². The smallest absolute Gasteiger partial charge is 0.335 e. The van der Waals surface area contributed by atoms with Gasteiger partial charge in [-0.2, -0.15) is 0 Å². The van der Waals surface area contributed by atoms with Crippen molar-refractivity contribution >= 4 is 34.5 Å². The predicted molar refractivity (Wildman–Crippen MR) is 117 cm³/mol. The lowest BCUT2D eigenvalue weighted by molar-refractivity contribution is -0.127. The number of aromatic nitrogens is 1. The standard InChI is InChI=1S/C24H23N3O3/c28-23-6-3-11-27(23)16-18(12-17-7-9-19(10-8-17)24(29)30)14-25-21-13-20-4-1-2-5-22(20)26-15-21/h1-2,4-5,7-10,12-13,15,25H,3,6,11,14,16H2,(H,29,30). The SMILES string of the molecule is O=C(O)c1ccc(C=C(CNc2cnc3ccccc3c2)CN2CCCC2=O)cc1. The zero-order valence-corrected chi connectivity index (χ0v) is 16.5. The third kappa shape index (κ3) is 4.66. The highest BCUT2D eigenvalue weighted by Gasteiger charge is 2.20. The molecule has 6 nitrogen and oxygen atoms in total. The van der Waals surface area contributed by atoms with Crippen molar-refractivity contribution in [3.8, 4) is 0 Å². The van der Waals surface area contributed by atoms with Crippen LogP contribution in [0.15, 0.2) is 66.4 Å². The van der Waals surface area contributed by atoms with Gasteiger partial charge < -0.3 is 15.3 Å². The van der Waals surface area contributed by atoms with Crippen LogP contribution in [-0.4, -0.2) is 46.5 Å². The number of hydrogen-bond donors (Lipinski definition) is 2. The minimum atomic E-state index is -0.945. The second-order valence-electron chi connectivity index (χ2n) is 7.42. The Balaban J connectivity index is 1.54. The van der Waals surface area contributed by atoms with Gasteiger partial charge in [-0.1, -0.05) is 36.4 Å². The number of carboxylic acid groups (broad SMARTS) is 1. The fraction of sp³-hybridized carbons (Fsp3) is 0.208. The Labute approximate surface area is 174 Å². The quantitative estimate of drug-likeness (QED) is 0.624. The molecule has 1 saturated heterocycles. The van der Waals surface area contributed by atoms with Crippen molar-refractivity contribution in [3.63, 3.8) is 0 Å². The van der Waals surface area contributed by atoms with Crippen LogP contribution in [0.1, 0.15) is 28.8 Å². The number of amides is 1. The molecule has 0 unspecified atom stereocenters. The number of carbonyl (C=O) groups excluding carboxylic acids is 1. The number of pyridine rings is 1. The van der Waals surface area contributed by atoms with Crippen LogP contribution < -0.4 is 5.32 Å². The van der Waals surface area contributed by atoms with E-state index in [-0.39, 0.29) is 11.5 Å². The predicted octanol–water partition coefficient (Wildman–Crippen LogP) is 4.05. The molecule has 2 heterocycles. The number of carbonyl (C=O) groups is 2. The van der Waals surface area contributed by atoms with Gasteiger partial charge in [-0.05, 0) is 41.8 Å². The van der Waals surface area contributed by atoms with Crippen LogP contribution in [0, 0.1) is 0 Å². The summed E-state index contributed by atoms with van der Waals surface area (Å²) in [6.45, 7) is 1.88. The van der Waals surface area contributed by atoms with Gasteiger partial charge in [0.25, 0.3) is 0 Å². The van der Waals surface area contributed by atoms with Crippen LogP contribution >= 0.6 is 0 Å². The van der Waals surface area contributed by atoms with E-state index in [2.05, 4.69) is 16.4 Å².